The Hall–Kier alpha value is -2.70. The lowest BCUT2D eigenvalue weighted by atomic mass is 10.2. The molecule has 7 nitrogen and oxygen atoms in total. The first-order chi connectivity index (χ1) is 9.24. The van der Waals surface area contributed by atoms with Crippen LogP contribution in [0.4, 0.5) is 0 Å². The topological polar surface area (TPSA) is 83.4 Å². The molecule has 2 aromatic rings. The highest BCUT2D eigenvalue weighted by Crippen LogP contribution is 2.23. The second kappa shape index (κ2) is 5.76. The van der Waals surface area contributed by atoms with Gasteiger partial charge in [-0.2, -0.15) is 9.97 Å². The van der Waals surface area contributed by atoms with Gasteiger partial charge >= 0.3 is 18.0 Å². The van der Waals surface area contributed by atoms with Crippen LogP contribution in [-0.2, 0) is 4.74 Å². The molecule has 0 spiro atoms. The number of carbonyl (C=O) groups excluding carboxylic acids is 1. The normalized spacial score (nSPS) is 9.79. The molecular weight excluding hydrogens is 250 g/mol. The Morgan fingerprint density at radius 2 is 1.84 bits per heavy atom. The number of methoxy groups -OCH3 is 2. The summed E-state index contributed by atoms with van der Waals surface area (Å²) in [5.74, 6) is -0.209. The minimum absolute atomic E-state index is 0.0307. The predicted octanol–water partition coefficient (Wildman–Crippen LogP) is 1.46. The van der Waals surface area contributed by atoms with E-state index >= 15 is 0 Å². The van der Waals surface area contributed by atoms with Gasteiger partial charge in [0.25, 0.3) is 0 Å². The minimum atomic E-state index is -0.503. The van der Waals surface area contributed by atoms with Crippen molar-refractivity contribution in [1.29, 1.82) is 0 Å². The Morgan fingerprint density at radius 1 is 1.11 bits per heavy atom. The van der Waals surface area contributed by atoms with Gasteiger partial charge in [-0.3, -0.25) is 0 Å². The van der Waals surface area contributed by atoms with Gasteiger partial charge in [0, 0.05) is 0 Å². The summed E-state index contributed by atoms with van der Waals surface area (Å²) in [7, 11) is 2.73. The predicted molar refractivity (Wildman–Crippen MR) is 64.2 cm³/mol. The summed E-state index contributed by atoms with van der Waals surface area (Å²) in [6, 6.07) is 6.78. The van der Waals surface area contributed by atoms with E-state index in [0.29, 0.717) is 5.75 Å². The SMILES string of the molecule is COC(=O)c1ccccc1Oc1ncnc(OC)n1. The van der Waals surface area contributed by atoms with E-state index in [1.54, 1.807) is 24.3 Å². The van der Waals surface area contributed by atoms with Crippen LogP contribution in [0.3, 0.4) is 0 Å². The summed E-state index contributed by atoms with van der Waals surface area (Å²) in [6.45, 7) is 0. The zero-order valence-electron chi connectivity index (χ0n) is 10.4. The highest BCUT2D eigenvalue weighted by Gasteiger charge is 2.14. The van der Waals surface area contributed by atoms with Crippen LogP contribution in [0, 0.1) is 0 Å². The fraction of sp³-hybridized carbons (Fsp3) is 0.167. The molecule has 19 heavy (non-hydrogen) atoms. The maximum Gasteiger partial charge on any atom is 0.341 e. The Balaban J connectivity index is 2.30. The van der Waals surface area contributed by atoms with Crippen LogP contribution in [0.1, 0.15) is 10.4 Å². The number of ether oxygens (including phenoxy) is 3. The van der Waals surface area contributed by atoms with E-state index in [1.165, 1.54) is 20.5 Å². The van der Waals surface area contributed by atoms with Crippen LogP contribution in [-0.4, -0.2) is 35.1 Å². The minimum Gasteiger partial charge on any atom is -0.467 e. The Labute approximate surface area is 109 Å². The smallest absolute Gasteiger partial charge is 0.341 e. The lowest BCUT2D eigenvalue weighted by Gasteiger charge is -2.08. The molecule has 0 saturated heterocycles. The fourth-order valence-corrected chi connectivity index (χ4v) is 1.35. The van der Waals surface area contributed by atoms with Crippen molar-refractivity contribution < 1.29 is 19.0 Å². The lowest BCUT2D eigenvalue weighted by Crippen LogP contribution is -2.04. The molecule has 0 unspecified atom stereocenters. The number of aromatic nitrogens is 3. The summed E-state index contributed by atoms with van der Waals surface area (Å²) in [5, 5.41) is 0. The molecule has 0 aliphatic rings. The second-order valence-electron chi connectivity index (χ2n) is 3.34. The third-order valence-electron chi connectivity index (χ3n) is 2.20. The van der Waals surface area contributed by atoms with Gasteiger partial charge in [-0.1, -0.05) is 12.1 Å². The zero-order valence-corrected chi connectivity index (χ0v) is 10.4. The summed E-state index contributed by atoms with van der Waals surface area (Å²) >= 11 is 0. The van der Waals surface area contributed by atoms with Crippen molar-refractivity contribution in [3.05, 3.63) is 36.2 Å². The van der Waals surface area contributed by atoms with Gasteiger partial charge < -0.3 is 14.2 Å². The van der Waals surface area contributed by atoms with Gasteiger partial charge in [-0.25, -0.2) is 4.79 Å². The molecule has 0 fully saturated rings. The third-order valence-corrected chi connectivity index (χ3v) is 2.20. The number of nitrogens with zero attached hydrogens (tertiary/aromatic N) is 3. The van der Waals surface area contributed by atoms with E-state index in [0.717, 1.165) is 0 Å². The quantitative estimate of drug-likeness (QED) is 0.770. The van der Waals surface area contributed by atoms with Crippen molar-refractivity contribution >= 4 is 5.97 Å². The van der Waals surface area contributed by atoms with E-state index in [1.807, 2.05) is 0 Å². The molecule has 98 valence electrons. The molecule has 1 heterocycles. The average Bonchev–Trinajstić information content (AvgIpc) is 2.47. The number of carbonyl (C=O) groups is 1. The van der Waals surface area contributed by atoms with Crippen molar-refractivity contribution in [2.24, 2.45) is 0 Å². The first-order valence-electron chi connectivity index (χ1n) is 5.33. The van der Waals surface area contributed by atoms with E-state index in [9.17, 15) is 4.79 Å². The van der Waals surface area contributed by atoms with Crippen molar-refractivity contribution in [2.75, 3.05) is 14.2 Å². The fourth-order valence-electron chi connectivity index (χ4n) is 1.35. The molecule has 0 saturated carbocycles. The zero-order chi connectivity index (χ0) is 13.7. The lowest BCUT2D eigenvalue weighted by molar-refractivity contribution is 0.0598. The van der Waals surface area contributed by atoms with Crippen molar-refractivity contribution in [3.8, 4) is 17.8 Å². The van der Waals surface area contributed by atoms with E-state index in [-0.39, 0.29) is 17.6 Å². The van der Waals surface area contributed by atoms with Crippen LogP contribution in [0.25, 0.3) is 0 Å². The molecule has 2 rings (SSSR count). The Morgan fingerprint density at radius 3 is 2.58 bits per heavy atom. The highest BCUT2D eigenvalue weighted by atomic mass is 16.5. The highest BCUT2D eigenvalue weighted by molar-refractivity contribution is 5.92. The van der Waals surface area contributed by atoms with Crippen molar-refractivity contribution in [2.45, 2.75) is 0 Å². The van der Waals surface area contributed by atoms with Gasteiger partial charge in [0.1, 0.15) is 17.6 Å². The molecule has 7 heteroatoms. The third kappa shape index (κ3) is 2.95. The van der Waals surface area contributed by atoms with Crippen LogP contribution in [0.5, 0.6) is 17.8 Å². The first-order valence-corrected chi connectivity index (χ1v) is 5.33. The molecule has 1 aromatic carbocycles. The van der Waals surface area contributed by atoms with Crippen LogP contribution >= 0.6 is 0 Å². The molecule has 0 bridgehead atoms. The van der Waals surface area contributed by atoms with E-state index < -0.39 is 5.97 Å². The number of benzene rings is 1. The van der Waals surface area contributed by atoms with E-state index in [2.05, 4.69) is 19.7 Å². The number of hydrogen-bond acceptors (Lipinski definition) is 7. The molecule has 0 amide bonds. The standard InChI is InChI=1S/C12H11N3O4/c1-17-10(16)8-5-3-4-6-9(8)19-12-14-7-13-11(15-12)18-2/h3-7H,1-2H3. The average molecular weight is 261 g/mol. The molecule has 0 N–H and O–H groups in total. The van der Waals surface area contributed by atoms with Crippen molar-refractivity contribution in [3.63, 3.8) is 0 Å². The molecule has 1 aromatic heterocycles. The first kappa shape index (κ1) is 12.7. The van der Waals surface area contributed by atoms with Gasteiger partial charge in [-0.05, 0) is 12.1 Å². The van der Waals surface area contributed by atoms with E-state index in [4.69, 9.17) is 9.47 Å². The second-order valence-corrected chi connectivity index (χ2v) is 3.34. The van der Waals surface area contributed by atoms with Gasteiger partial charge in [0.05, 0.1) is 14.2 Å². The van der Waals surface area contributed by atoms with Crippen molar-refractivity contribution in [1.82, 2.24) is 15.0 Å². The van der Waals surface area contributed by atoms with Gasteiger partial charge in [0.15, 0.2) is 0 Å². The molecule has 0 aliphatic heterocycles. The number of esters is 1. The Bertz CT molecular complexity index is 589. The molecule has 0 aliphatic carbocycles. The summed E-state index contributed by atoms with van der Waals surface area (Å²) in [4.78, 5) is 23.1. The molecule has 0 radical (unpaired) electrons. The monoisotopic (exact) mass is 261 g/mol. The maximum atomic E-state index is 11.6. The summed E-state index contributed by atoms with van der Waals surface area (Å²) in [6.07, 6.45) is 1.25. The number of hydrogen-bond donors (Lipinski definition) is 0. The van der Waals surface area contributed by atoms with Crippen LogP contribution in [0.2, 0.25) is 0 Å². The number of para-hydroxylation sites is 1. The largest absolute Gasteiger partial charge is 0.467 e. The Kier molecular flexibility index (Phi) is 3.87. The number of rotatable bonds is 4. The van der Waals surface area contributed by atoms with Crippen LogP contribution in [0.15, 0.2) is 30.6 Å². The molecular formula is C12H11N3O4. The van der Waals surface area contributed by atoms with Gasteiger partial charge in [-0.15, -0.1) is 4.98 Å². The maximum absolute atomic E-state index is 11.6. The summed E-state index contributed by atoms with van der Waals surface area (Å²) < 4.78 is 15.0. The van der Waals surface area contributed by atoms with Crippen LogP contribution < -0.4 is 9.47 Å². The van der Waals surface area contributed by atoms with Gasteiger partial charge in [0.2, 0.25) is 0 Å². The molecule has 0 atom stereocenters. The summed E-state index contributed by atoms with van der Waals surface area (Å²) in [5.41, 5.74) is 0.282.